The zero-order valence-electron chi connectivity index (χ0n) is 14.5. The number of rotatable bonds is 8. The van der Waals surface area contributed by atoms with E-state index < -0.39 is 4.92 Å². The highest BCUT2D eigenvalue weighted by molar-refractivity contribution is 14.1. The van der Waals surface area contributed by atoms with E-state index in [0.717, 1.165) is 3.57 Å². The molecule has 0 aliphatic heterocycles. The maximum absolute atomic E-state index is 12.4. The summed E-state index contributed by atoms with van der Waals surface area (Å²) in [5, 5.41) is 13.9. The fourth-order valence-electron chi connectivity index (χ4n) is 2.47. The molecule has 3 aromatic rings. The molecule has 0 spiro atoms. The number of carbonyl (C=O) groups is 1. The standard InChI is InChI=1S/C18H16IN5O4/c19-14-5-3-12(4-6-14)17(25)23-10-13(16-20-8-9-21-16)11-28-18-15(24(26)27)2-1-7-22-18/h1-9,13H,10-11H2,(H,20,21)(H,23,25). The van der Waals surface area contributed by atoms with Crippen LogP contribution in [0.15, 0.2) is 55.0 Å². The number of halogens is 1. The Morgan fingerprint density at radius 3 is 2.71 bits per heavy atom. The Kier molecular flexibility index (Phi) is 6.53. The summed E-state index contributed by atoms with van der Waals surface area (Å²) in [6.45, 7) is 0.289. The minimum absolute atomic E-state index is 0.0539. The zero-order valence-corrected chi connectivity index (χ0v) is 16.7. The van der Waals surface area contributed by atoms with Crippen LogP contribution in [0.1, 0.15) is 22.1 Å². The molecule has 28 heavy (non-hydrogen) atoms. The molecule has 1 amide bonds. The SMILES string of the molecule is O=C(NCC(COc1ncccc1[N+](=O)[O-])c1ncc[nH]1)c1ccc(I)cc1. The lowest BCUT2D eigenvalue weighted by Crippen LogP contribution is -2.31. The Labute approximate surface area is 173 Å². The average molecular weight is 493 g/mol. The van der Waals surface area contributed by atoms with Gasteiger partial charge in [-0.15, -0.1) is 0 Å². The van der Waals surface area contributed by atoms with E-state index in [1.807, 2.05) is 12.1 Å². The van der Waals surface area contributed by atoms with Crippen LogP contribution >= 0.6 is 22.6 Å². The molecule has 1 unspecified atom stereocenters. The fourth-order valence-corrected chi connectivity index (χ4v) is 2.83. The molecule has 1 atom stereocenters. The van der Waals surface area contributed by atoms with Crippen LogP contribution in [0, 0.1) is 13.7 Å². The summed E-state index contributed by atoms with van der Waals surface area (Å²) >= 11 is 2.17. The minimum Gasteiger partial charge on any atom is -0.472 e. The highest BCUT2D eigenvalue weighted by Gasteiger charge is 2.21. The molecule has 3 rings (SSSR count). The number of ether oxygens (including phenoxy) is 1. The van der Waals surface area contributed by atoms with Crippen molar-refractivity contribution < 1.29 is 14.5 Å². The van der Waals surface area contributed by atoms with Gasteiger partial charge in [0.05, 0.1) is 10.8 Å². The van der Waals surface area contributed by atoms with Gasteiger partial charge < -0.3 is 15.0 Å². The Hall–Kier alpha value is -3.02. The van der Waals surface area contributed by atoms with Gasteiger partial charge in [0.2, 0.25) is 0 Å². The summed E-state index contributed by atoms with van der Waals surface area (Å²) in [6.07, 6.45) is 4.67. The Balaban J connectivity index is 1.68. The quantitative estimate of drug-likeness (QED) is 0.283. The topological polar surface area (TPSA) is 123 Å². The lowest BCUT2D eigenvalue weighted by Gasteiger charge is -2.16. The van der Waals surface area contributed by atoms with Crippen LogP contribution in [0.2, 0.25) is 0 Å². The van der Waals surface area contributed by atoms with Gasteiger partial charge in [0.1, 0.15) is 12.4 Å². The maximum Gasteiger partial charge on any atom is 0.330 e. The number of hydrogen-bond donors (Lipinski definition) is 2. The average Bonchev–Trinajstić information content (AvgIpc) is 3.23. The number of amides is 1. The Morgan fingerprint density at radius 2 is 2.04 bits per heavy atom. The molecule has 2 heterocycles. The van der Waals surface area contributed by atoms with Crippen LogP contribution in [0.4, 0.5) is 5.69 Å². The molecule has 0 bridgehead atoms. The number of H-pyrrole nitrogens is 1. The van der Waals surface area contributed by atoms with Crippen molar-refractivity contribution in [1.82, 2.24) is 20.3 Å². The molecule has 10 heteroatoms. The number of benzene rings is 1. The smallest absolute Gasteiger partial charge is 0.330 e. The van der Waals surface area contributed by atoms with E-state index in [1.54, 1.807) is 24.5 Å². The van der Waals surface area contributed by atoms with Crippen molar-refractivity contribution in [3.8, 4) is 5.88 Å². The monoisotopic (exact) mass is 493 g/mol. The molecule has 0 radical (unpaired) electrons. The first kappa shape index (κ1) is 19.7. The summed E-state index contributed by atoms with van der Waals surface area (Å²) in [6, 6.07) is 9.98. The van der Waals surface area contributed by atoms with Crippen LogP contribution in [0.25, 0.3) is 0 Å². The highest BCUT2D eigenvalue weighted by atomic mass is 127. The number of aromatic nitrogens is 3. The predicted octanol–water partition coefficient (Wildman–Crippen LogP) is 2.91. The number of imidazole rings is 1. The third-order valence-electron chi connectivity index (χ3n) is 3.89. The zero-order chi connectivity index (χ0) is 19.9. The number of aromatic amines is 1. The molecule has 144 valence electrons. The van der Waals surface area contributed by atoms with Crippen molar-refractivity contribution in [3.63, 3.8) is 0 Å². The van der Waals surface area contributed by atoms with E-state index in [4.69, 9.17) is 4.74 Å². The molecule has 0 saturated carbocycles. The first-order valence-corrected chi connectivity index (χ1v) is 9.37. The van der Waals surface area contributed by atoms with E-state index in [-0.39, 0.29) is 36.5 Å². The van der Waals surface area contributed by atoms with Crippen molar-refractivity contribution in [1.29, 1.82) is 0 Å². The normalized spacial score (nSPS) is 11.6. The van der Waals surface area contributed by atoms with Crippen LogP contribution in [-0.4, -0.2) is 38.9 Å². The second-order valence-corrected chi connectivity index (χ2v) is 7.03. The summed E-state index contributed by atoms with van der Waals surface area (Å²) in [7, 11) is 0. The lowest BCUT2D eigenvalue weighted by atomic mass is 10.1. The first-order chi connectivity index (χ1) is 13.5. The summed E-state index contributed by atoms with van der Waals surface area (Å²) < 4.78 is 6.61. The molecule has 2 aromatic heterocycles. The van der Waals surface area contributed by atoms with E-state index in [0.29, 0.717) is 11.4 Å². The van der Waals surface area contributed by atoms with Crippen molar-refractivity contribution in [3.05, 3.63) is 80.1 Å². The Morgan fingerprint density at radius 1 is 1.25 bits per heavy atom. The van der Waals surface area contributed by atoms with E-state index in [9.17, 15) is 14.9 Å². The van der Waals surface area contributed by atoms with Gasteiger partial charge in [0.15, 0.2) is 0 Å². The molecule has 0 aliphatic rings. The van der Waals surface area contributed by atoms with Crippen LogP contribution in [0.5, 0.6) is 5.88 Å². The number of hydrogen-bond acceptors (Lipinski definition) is 6. The van der Waals surface area contributed by atoms with Crippen LogP contribution in [-0.2, 0) is 0 Å². The molecule has 0 fully saturated rings. The molecule has 0 aliphatic carbocycles. The van der Waals surface area contributed by atoms with Gasteiger partial charge in [-0.25, -0.2) is 9.97 Å². The van der Waals surface area contributed by atoms with Gasteiger partial charge in [-0.2, -0.15) is 0 Å². The number of nitrogens with zero attached hydrogens (tertiary/aromatic N) is 3. The molecule has 2 N–H and O–H groups in total. The molecule has 0 saturated heterocycles. The molecule has 1 aromatic carbocycles. The summed E-state index contributed by atoms with van der Waals surface area (Å²) in [5.74, 6) is -0.0457. The number of nitrogens with one attached hydrogen (secondary N) is 2. The number of pyridine rings is 1. The molecular weight excluding hydrogens is 477 g/mol. The van der Waals surface area contributed by atoms with Crippen molar-refractivity contribution >= 4 is 34.2 Å². The number of nitro groups is 1. The second-order valence-electron chi connectivity index (χ2n) is 5.78. The third-order valence-corrected chi connectivity index (χ3v) is 4.61. The van der Waals surface area contributed by atoms with E-state index in [2.05, 4.69) is 42.9 Å². The minimum atomic E-state index is -0.553. The molecular formula is C18H16IN5O4. The highest BCUT2D eigenvalue weighted by Crippen LogP contribution is 2.24. The van der Waals surface area contributed by atoms with Gasteiger partial charge in [0.25, 0.3) is 11.8 Å². The van der Waals surface area contributed by atoms with Gasteiger partial charge in [0, 0.05) is 40.3 Å². The third kappa shape index (κ3) is 5.03. The maximum atomic E-state index is 12.4. The van der Waals surface area contributed by atoms with Gasteiger partial charge in [-0.05, 0) is 52.9 Å². The largest absolute Gasteiger partial charge is 0.472 e. The van der Waals surface area contributed by atoms with Crippen molar-refractivity contribution in [2.24, 2.45) is 0 Å². The van der Waals surface area contributed by atoms with E-state index in [1.165, 1.54) is 18.3 Å². The van der Waals surface area contributed by atoms with E-state index >= 15 is 0 Å². The van der Waals surface area contributed by atoms with Crippen molar-refractivity contribution in [2.45, 2.75) is 5.92 Å². The summed E-state index contributed by atoms with van der Waals surface area (Å²) in [4.78, 5) is 34.0. The van der Waals surface area contributed by atoms with Crippen LogP contribution in [0.3, 0.4) is 0 Å². The van der Waals surface area contributed by atoms with Gasteiger partial charge in [-0.3, -0.25) is 14.9 Å². The Bertz CT molecular complexity index is 947. The first-order valence-electron chi connectivity index (χ1n) is 8.30. The molecule has 9 nitrogen and oxygen atoms in total. The van der Waals surface area contributed by atoms with Crippen LogP contribution < -0.4 is 10.1 Å². The van der Waals surface area contributed by atoms with Gasteiger partial charge in [-0.1, -0.05) is 0 Å². The lowest BCUT2D eigenvalue weighted by molar-refractivity contribution is -0.386. The summed E-state index contributed by atoms with van der Waals surface area (Å²) in [5.41, 5.74) is 0.323. The van der Waals surface area contributed by atoms with Crippen molar-refractivity contribution in [2.75, 3.05) is 13.2 Å². The second kappa shape index (κ2) is 9.26. The van der Waals surface area contributed by atoms with Gasteiger partial charge >= 0.3 is 5.69 Å². The fraction of sp³-hybridized carbons (Fsp3) is 0.167. The predicted molar refractivity (Wildman–Crippen MR) is 109 cm³/mol. The number of carbonyl (C=O) groups excluding carboxylic acids is 1.